The van der Waals surface area contributed by atoms with Crippen LogP contribution in [-0.2, 0) is 0 Å². The van der Waals surface area contributed by atoms with Gasteiger partial charge in [-0.25, -0.2) is 15.0 Å². The van der Waals surface area contributed by atoms with Gasteiger partial charge in [0.05, 0.1) is 5.92 Å². The summed E-state index contributed by atoms with van der Waals surface area (Å²) in [5.41, 5.74) is 7.25. The van der Waals surface area contributed by atoms with E-state index in [9.17, 15) is 0 Å². The maximum atomic E-state index is 6.37. The number of ether oxygens (including phenoxy) is 1. The Morgan fingerprint density at radius 2 is 1.31 bits per heavy atom. The van der Waals surface area contributed by atoms with Gasteiger partial charge in [0.15, 0.2) is 11.6 Å². The van der Waals surface area contributed by atoms with E-state index in [0.29, 0.717) is 11.6 Å². The summed E-state index contributed by atoms with van der Waals surface area (Å²) in [7, 11) is 0. The molecule has 0 bridgehead atoms. The highest BCUT2D eigenvalue weighted by molar-refractivity contribution is 6.12. The van der Waals surface area contributed by atoms with E-state index in [0.717, 1.165) is 61.8 Å². The molecule has 0 saturated heterocycles. The van der Waals surface area contributed by atoms with E-state index in [1.165, 1.54) is 16.7 Å². The summed E-state index contributed by atoms with van der Waals surface area (Å²) in [4.78, 5) is 15.5. The van der Waals surface area contributed by atoms with Gasteiger partial charge in [0.25, 0.3) is 0 Å². The van der Waals surface area contributed by atoms with Gasteiger partial charge in [0.1, 0.15) is 28.8 Å². The Kier molecular flexibility index (Phi) is 6.06. The lowest BCUT2D eigenvalue weighted by Gasteiger charge is -2.24. The minimum atomic E-state index is -0.0196. The average Bonchev–Trinajstić information content (AvgIpc) is 3.73. The first-order chi connectivity index (χ1) is 23.8. The highest BCUT2D eigenvalue weighted by Gasteiger charge is 2.37. The van der Waals surface area contributed by atoms with Crippen LogP contribution in [0.1, 0.15) is 35.2 Å². The lowest BCUT2D eigenvalue weighted by molar-refractivity contribution is 0.271. The maximum Gasteiger partial charge on any atom is 0.164 e. The molecule has 0 amide bonds. The molecular formula is C43H29N3O2. The molecule has 5 nitrogen and oxygen atoms in total. The molecular weight excluding hydrogens is 590 g/mol. The van der Waals surface area contributed by atoms with Crippen molar-refractivity contribution in [2.45, 2.75) is 24.4 Å². The molecule has 10 rings (SSSR count). The van der Waals surface area contributed by atoms with Gasteiger partial charge in [0, 0.05) is 33.4 Å². The summed E-state index contributed by atoms with van der Waals surface area (Å²) in [5, 5.41) is 4.32. The van der Waals surface area contributed by atoms with Crippen molar-refractivity contribution >= 4 is 38.3 Å². The number of allylic oxidation sites excluding steroid dienone is 6. The van der Waals surface area contributed by atoms with Crippen LogP contribution in [0.15, 0.2) is 150 Å². The monoisotopic (exact) mass is 619 g/mol. The SMILES string of the molecule is C1=CCC(c2nc(-c3cccc4c(C5=CC=CC6Oc7ccccc7C56)cccc34)nc(-c3cccc4oc5ccccc5c34)n2)C=C1. The van der Waals surface area contributed by atoms with Crippen LogP contribution >= 0.6 is 0 Å². The van der Waals surface area contributed by atoms with Gasteiger partial charge in [-0.15, -0.1) is 0 Å². The van der Waals surface area contributed by atoms with Crippen LogP contribution in [0.2, 0.25) is 0 Å². The minimum Gasteiger partial charge on any atom is -0.485 e. The van der Waals surface area contributed by atoms with Gasteiger partial charge >= 0.3 is 0 Å². The van der Waals surface area contributed by atoms with Crippen LogP contribution in [0.3, 0.4) is 0 Å². The molecule has 0 radical (unpaired) electrons. The summed E-state index contributed by atoms with van der Waals surface area (Å²) < 4.78 is 12.6. The number of fused-ring (bicyclic) bond motifs is 7. The molecule has 3 heterocycles. The minimum absolute atomic E-state index is 0.0196. The van der Waals surface area contributed by atoms with Crippen LogP contribution in [0.4, 0.5) is 0 Å². The van der Waals surface area contributed by atoms with Crippen molar-refractivity contribution in [3.05, 3.63) is 163 Å². The molecule has 3 atom stereocenters. The van der Waals surface area contributed by atoms with Crippen molar-refractivity contribution in [1.82, 2.24) is 15.0 Å². The van der Waals surface area contributed by atoms with E-state index in [-0.39, 0.29) is 17.9 Å². The number of nitrogens with zero attached hydrogens (tertiary/aromatic N) is 3. The van der Waals surface area contributed by atoms with Gasteiger partial charge < -0.3 is 9.15 Å². The standard InChI is InChI=1S/C43H29N3O2/c1-2-12-26(13-3-1)41-44-42(46-43(45-41)34-21-11-25-38-40(34)33-15-5-7-23-36(33)48-38)31-20-9-16-27-28(17-8-18-29(27)31)30-19-10-24-37-39(30)32-14-4-6-22-35(32)47-37/h1-12,14-26,37,39H,13H2. The first kappa shape index (κ1) is 27.1. The van der Waals surface area contributed by atoms with Gasteiger partial charge in [0.2, 0.25) is 0 Å². The second-order valence-electron chi connectivity index (χ2n) is 12.6. The summed E-state index contributed by atoms with van der Waals surface area (Å²) in [5.74, 6) is 3.22. The zero-order valence-corrected chi connectivity index (χ0v) is 26.0. The first-order valence-corrected chi connectivity index (χ1v) is 16.5. The molecule has 7 aromatic rings. The summed E-state index contributed by atoms with van der Waals surface area (Å²) in [6.07, 6.45) is 15.9. The third-order valence-corrected chi connectivity index (χ3v) is 9.84. The van der Waals surface area contributed by atoms with Crippen molar-refractivity contribution in [2.75, 3.05) is 0 Å². The second-order valence-corrected chi connectivity index (χ2v) is 12.6. The number of aromatic nitrogens is 3. The Bertz CT molecular complexity index is 2550. The van der Waals surface area contributed by atoms with E-state index >= 15 is 0 Å². The predicted octanol–water partition coefficient (Wildman–Crippen LogP) is 10.4. The number of benzene rings is 5. The lowest BCUT2D eigenvalue weighted by Crippen LogP contribution is -2.19. The zero-order valence-electron chi connectivity index (χ0n) is 26.0. The van der Waals surface area contributed by atoms with Crippen molar-refractivity contribution in [3.8, 4) is 28.5 Å². The Balaban J connectivity index is 1.17. The molecule has 5 heteroatoms. The Hall–Kier alpha value is -6.07. The molecule has 0 N–H and O–H groups in total. The smallest absolute Gasteiger partial charge is 0.164 e. The van der Waals surface area contributed by atoms with E-state index < -0.39 is 0 Å². The molecule has 228 valence electrons. The van der Waals surface area contributed by atoms with E-state index in [4.69, 9.17) is 24.1 Å². The van der Waals surface area contributed by atoms with Crippen molar-refractivity contribution in [2.24, 2.45) is 0 Å². The molecule has 3 unspecified atom stereocenters. The van der Waals surface area contributed by atoms with Crippen molar-refractivity contribution in [3.63, 3.8) is 0 Å². The Morgan fingerprint density at radius 3 is 2.21 bits per heavy atom. The van der Waals surface area contributed by atoms with E-state index in [1.807, 2.05) is 36.4 Å². The van der Waals surface area contributed by atoms with Gasteiger partial charge in [-0.05, 0) is 52.6 Å². The predicted molar refractivity (Wildman–Crippen MR) is 192 cm³/mol. The summed E-state index contributed by atoms with van der Waals surface area (Å²) >= 11 is 0. The maximum absolute atomic E-state index is 6.37. The molecule has 2 aromatic heterocycles. The molecule has 0 saturated carbocycles. The van der Waals surface area contributed by atoms with Gasteiger partial charge in [-0.3, -0.25) is 0 Å². The zero-order chi connectivity index (χ0) is 31.6. The quantitative estimate of drug-likeness (QED) is 0.196. The fourth-order valence-corrected chi connectivity index (χ4v) is 7.65. The topological polar surface area (TPSA) is 61.0 Å². The largest absolute Gasteiger partial charge is 0.485 e. The number of para-hydroxylation sites is 2. The number of hydrogen-bond acceptors (Lipinski definition) is 5. The Morgan fingerprint density at radius 1 is 0.583 bits per heavy atom. The van der Waals surface area contributed by atoms with E-state index in [1.54, 1.807) is 0 Å². The molecule has 3 aliphatic rings. The van der Waals surface area contributed by atoms with Gasteiger partial charge in [-0.1, -0.05) is 121 Å². The summed E-state index contributed by atoms with van der Waals surface area (Å²) in [6, 6.07) is 35.7. The third-order valence-electron chi connectivity index (χ3n) is 9.84. The Labute approximate surface area is 277 Å². The highest BCUT2D eigenvalue weighted by Crippen LogP contribution is 2.49. The second kappa shape index (κ2) is 10.7. The number of hydrogen-bond donors (Lipinski definition) is 0. The number of rotatable bonds is 4. The lowest BCUT2D eigenvalue weighted by atomic mass is 9.80. The molecule has 0 spiro atoms. The van der Waals surface area contributed by atoms with Gasteiger partial charge in [-0.2, -0.15) is 0 Å². The van der Waals surface area contributed by atoms with Crippen LogP contribution in [0.25, 0.3) is 61.1 Å². The van der Waals surface area contributed by atoms with Crippen LogP contribution in [-0.4, -0.2) is 21.1 Å². The fourth-order valence-electron chi connectivity index (χ4n) is 7.65. The summed E-state index contributed by atoms with van der Waals surface area (Å²) in [6.45, 7) is 0. The molecule has 1 aliphatic heterocycles. The van der Waals surface area contributed by atoms with Crippen LogP contribution in [0.5, 0.6) is 5.75 Å². The fraction of sp³-hybridized carbons (Fsp3) is 0.0930. The molecule has 2 aliphatic carbocycles. The third kappa shape index (κ3) is 4.21. The normalized spacial score (nSPS) is 19.4. The van der Waals surface area contributed by atoms with Crippen molar-refractivity contribution < 1.29 is 9.15 Å². The first-order valence-electron chi connectivity index (χ1n) is 16.5. The van der Waals surface area contributed by atoms with E-state index in [2.05, 4.69) is 109 Å². The van der Waals surface area contributed by atoms with Crippen molar-refractivity contribution in [1.29, 1.82) is 0 Å². The molecule has 0 fully saturated rings. The van der Waals surface area contributed by atoms with Crippen LogP contribution < -0.4 is 4.74 Å². The number of furan rings is 1. The highest BCUT2D eigenvalue weighted by atomic mass is 16.5. The average molecular weight is 620 g/mol. The molecule has 48 heavy (non-hydrogen) atoms. The van der Waals surface area contributed by atoms with Crippen LogP contribution in [0, 0.1) is 0 Å². The molecule has 5 aromatic carbocycles.